The highest BCUT2D eigenvalue weighted by Crippen LogP contribution is 2.30. The third kappa shape index (κ3) is 4.97. The van der Waals surface area contributed by atoms with Gasteiger partial charge in [-0.25, -0.2) is 13.2 Å². The van der Waals surface area contributed by atoms with Gasteiger partial charge in [0.1, 0.15) is 17.5 Å². The smallest absolute Gasteiger partial charge is 0.133 e. The van der Waals surface area contributed by atoms with Crippen molar-refractivity contribution in [3.05, 3.63) is 89.3 Å². The van der Waals surface area contributed by atoms with E-state index in [1.165, 1.54) is 49.1 Å². The van der Waals surface area contributed by atoms with Gasteiger partial charge in [-0.15, -0.1) is 0 Å². The molecule has 0 bridgehead atoms. The number of hydrogen-bond acceptors (Lipinski definition) is 0. The van der Waals surface area contributed by atoms with E-state index in [4.69, 9.17) is 0 Å². The standard InChI is InChI=1S/C26H25F3/c1-3-5-6-8-18-9-11-19(12-10-18)20-13-14-22(24(27)15-20)21-16-25(28)23(7-4-2)26(29)17-21/h4,7,9-17H,3,5-6,8H2,1-2H3. The largest absolute Gasteiger partial charge is 0.206 e. The van der Waals surface area contributed by atoms with Crippen LogP contribution in [-0.2, 0) is 6.42 Å². The first-order valence-electron chi connectivity index (χ1n) is 10.0. The Kier molecular flexibility index (Phi) is 6.92. The average Bonchev–Trinajstić information content (AvgIpc) is 2.71. The van der Waals surface area contributed by atoms with Gasteiger partial charge in [0.05, 0.1) is 0 Å². The molecule has 0 unspecified atom stereocenters. The van der Waals surface area contributed by atoms with Crippen LogP contribution in [0.2, 0.25) is 0 Å². The average molecular weight is 394 g/mol. The molecular weight excluding hydrogens is 369 g/mol. The summed E-state index contributed by atoms with van der Waals surface area (Å²) in [6.45, 7) is 3.86. The van der Waals surface area contributed by atoms with Crippen LogP contribution >= 0.6 is 0 Å². The van der Waals surface area contributed by atoms with Gasteiger partial charge >= 0.3 is 0 Å². The summed E-state index contributed by atoms with van der Waals surface area (Å²) < 4.78 is 43.1. The number of allylic oxidation sites excluding steroid dienone is 1. The van der Waals surface area contributed by atoms with Crippen LogP contribution in [0.15, 0.2) is 60.7 Å². The minimum absolute atomic E-state index is 0.118. The molecule has 0 aliphatic carbocycles. The Hall–Kier alpha value is -2.81. The third-order valence-corrected chi connectivity index (χ3v) is 5.05. The van der Waals surface area contributed by atoms with Crippen molar-refractivity contribution >= 4 is 6.08 Å². The van der Waals surface area contributed by atoms with E-state index in [1.807, 2.05) is 12.1 Å². The van der Waals surface area contributed by atoms with Gasteiger partial charge in [0, 0.05) is 11.1 Å². The van der Waals surface area contributed by atoms with Gasteiger partial charge in [-0.3, -0.25) is 0 Å². The summed E-state index contributed by atoms with van der Waals surface area (Å²) in [5.41, 5.74) is 3.16. The molecule has 3 rings (SSSR count). The monoisotopic (exact) mass is 394 g/mol. The van der Waals surface area contributed by atoms with Crippen LogP contribution in [0.1, 0.15) is 44.2 Å². The summed E-state index contributed by atoms with van der Waals surface area (Å²) in [7, 11) is 0. The molecule has 3 aromatic rings. The molecule has 3 aromatic carbocycles. The zero-order valence-corrected chi connectivity index (χ0v) is 16.8. The van der Waals surface area contributed by atoms with Gasteiger partial charge in [0.15, 0.2) is 0 Å². The van der Waals surface area contributed by atoms with Gasteiger partial charge < -0.3 is 0 Å². The fourth-order valence-corrected chi connectivity index (χ4v) is 3.44. The number of halogens is 3. The van der Waals surface area contributed by atoms with Crippen molar-refractivity contribution in [1.29, 1.82) is 0 Å². The Labute approximate surface area is 170 Å². The third-order valence-electron chi connectivity index (χ3n) is 5.05. The first-order chi connectivity index (χ1) is 14.0. The van der Waals surface area contributed by atoms with Crippen molar-refractivity contribution in [1.82, 2.24) is 0 Å². The molecule has 0 nitrogen and oxygen atoms in total. The molecule has 0 heterocycles. The minimum Gasteiger partial charge on any atom is -0.206 e. The van der Waals surface area contributed by atoms with Crippen LogP contribution in [0, 0.1) is 17.5 Å². The molecule has 0 saturated carbocycles. The van der Waals surface area contributed by atoms with Gasteiger partial charge in [-0.05, 0) is 60.2 Å². The Morgan fingerprint density at radius 2 is 1.34 bits per heavy atom. The topological polar surface area (TPSA) is 0 Å². The van der Waals surface area contributed by atoms with Crippen LogP contribution < -0.4 is 0 Å². The van der Waals surface area contributed by atoms with Crippen molar-refractivity contribution in [3.8, 4) is 22.3 Å². The predicted octanol–water partition coefficient (Wildman–Crippen LogP) is 8.20. The van der Waals surface area contributed by atoms with Crippen molar-refractivity contribution < 1.29 is 13.2 Å². The number of hydrogen-bond donors (Lipinski definition) is 0. The van der Waals surface area contributed by atoms with E-state index in [1.54, 1.807) is 25.1 Å². The Morgan fingerprint density at radius 1 is 0.724 bits per heavy atom. The lowest BCUT2D eigenvalue weighted by Gasteiger charge is -2.10. The van der Waals surface area contributed by atoms with E-state index in [0.717, 1.165) is 17.5 Å². The highest BCUT2D eigenvalue weighted by molar-refractivity contribution is 5.72. The molecule has 150 valence electrons. The lowest BCUT2D eigenvalue weighted by molar-refractivity contribution is 0.579. The molecule has 0 amide bonds. The first kappa shape index (κ1) is 20.9. The number of aryl methyl sites for hydroxylation is 1. The lowest BCUT2D eigenvalue weighted by Crippen LogP contribution is -1.93. The lowest BCUT2D eigenvalue weighted by atomic mass is 9.97. The first-order valence-corrected chi connectivity index (χ1v) is 10.0. The van der Waals surface area contributed by atoms with Gasteiger partial charge in [-0.2, -0.15) is 0 Å². The normalized spacial score (nSPS) is 11.3. The fraction of sp³-hybridized carbons (Fsp3) is 0.231. The van der Waals surface area contributed by atoms with E-state index >= 15 is 0 Å². The van der Waals surface area contributed by atoms with E-state index < -0.39 is 17.5 Å². The van der Waals surface area contributed by atoms with Crippen LogP contribution in [0.25, 0.3) is 28.3 Å². The van der Waals surface area contributed by atoms with E-state index in [0.29, 0.717) is 0 Å². The SMILES string of the molecule is CC=Cc1c(F)cc(-c2ccc(-c3ccc(CCCCC)cc3)cc2F)cc1F. The van der Waals surface area contributed by atoms with E-state index in [-0.39, 0.29) is 16.7 Å². The molecule has 29 heavy (non-hydrogen) atoms. The maximum atomic E-state index is 14.8. The maximum Gasteiger partial charge on any atom is 0.133 e. The summed E-state index contributed by atoms with van der Waals surface area (Å²) in [5, 5.41) is 0. The molecule has 0 spiro atoms. The molecule has 0 aliphatic rings. The molecule has 0 aromatic heterocycles. The highest BCUT2D eigenvalue weighted by atomic mass is 19.1. The number of benzene rings is 3. The zero-order valence-electron chi connectivity index (χ0n) is 16.8. The predicted molar refractivity (Wildman–Crippen MR) is 115 cm³/mol. The van der Waals surface area contributed by atoms with Crippen molar-refractivity contribution in [3.63, 3.8) is 0 Å². The van der Waals surface area contributed by atoms with Gasteiger partial charge in [-0.1, -0.05) is 68.3 Å². The van der Waals surface area contributed by atoms with Crippen LogP contribution in [0.5, 0.6) is 0 Å². The van der Waals surface area contributed by atoms with Crippen molar-refractivity contribution in [2.75, 3.05) is 0 Å². The number of rotatable bonds is 7. The molecule has 0 aliphatic heterocycles. The second kappa shape index (κ2) is 9.60. The van der Waals surface area contributed by atoms with E-state index in [9.17, 15) is 13.2 Å². The number of unbranched alkanes of at least 4 members (excludes halogenated alkanes) is 2. The van der Waals surface area contributed by atoms with Crippen LogP contribution in [0.4, 0.5) is 13.2 Å². The van der Waals surface area contributed by atoms with Crippen molar-refractivity contribution in [2.45, 2.75) is 39.5 Å². The Morgan fingerprint density at radius 3 is 1.93 bits per heavy atom. The molecule has 0 saturated heterocycles. The molecule has 3 heteroatoms. The second-order valence-corrected chi connectivity index (χ2v) is 7.20. The summed E-state index contributed by atoms with van der Waals surface area (Å²) >= 11 is 0. The Balaban J connectivity index is 1.85. The molecule has 0 atom stereocenters. The van der Waals surface area contributed by atoms with E-state index in [2.05, 4.69) is 19.1 Å². The summed E-state index contributed by atoms with van der Waals surface area (Å²) in [4.78, 5) is 0. The minimum atomic E-state index is -0.708. The fourth-order valence-electron chi connectivity index (χ4n) is 3.44. The summed E-state index contributed by atoms with van der Waals surface area (Å²) in [6.07, 6.45) is 7.53. The molecular formula is C26H25F3. The maximum absolute atomic E-state index is 14.8. The van der Waals surface area contributed by atoms with Crippen molar-refractivity contribution in [2.24, 2.45) is 0 Å². The van der Waals surface area contributed by atoms with Crippen LogP contribution in [-0.4, -0.2) is 0 Å². The summed E-state index contributed by atoms with van der Waals surface area (Å²) in [6, 6.07) is 15.2. The second-order valence-electron chi connectivity index (χ2n) is 7.20. The quantitative estimate of drug-likeness (QED) is 0.354. The zero-order chi connectivity index (χ0) is 20.8. The Bertz CT molecular complexity index is 978. The van der Waals surface area contributed by atoms with Gasteiger partial charge in [0.2, 0.25) is 0 Å². The molecule has 0 fully saturated rings. The molecule has 0 radical (unpaired) electrons. The molecule has 0 N–H and O–H groups in total. The highest BCUT2D eigenvalue weighted by Gasteiger charge is 2.13. The van der Waals surface area contributed by atoms with Crippen LogP contribution in [0.3, 0.4) is 0 Å². The van der Waals surface area contributed by atoms with Gasteiger partial charge in [0.25, 0.3) is 0 Å². The summed E-state index contributed by atoms with van der Waals surface area (Å²) in [5.74, 6) is -1.92.